The van der Waals surface area contributed by atoms with E-state index in [-0.39, 0.29) is 24.1 Å². The molecule has 3 heterocycles. The molecule has 0 unspecified atom stereocenters. The smallest absolute Gasteiger partial charge is 0.291 e. The van der Waals surface area contributed by atoms with Crippen molar-refractivity contribution >= 4 is 33.0 Å². The molecule has 1 amide bonds. The van der Waals surface area contributed by atoms with Crippen molar-refractivity contribution in [1.29, 1.82) is 0 Å². The Bertz CT molecular complexity index is 1000. The van der Waals surface area contributed by atoms with Crippen LogP contribution >= 0.6 is 11.3 Å². The molecule has 7 heteroatoms. The predicted octanol–water partition coefficient (Wildman–Crippen LogP) is 2.71. The van der Waals surface area contributed by atoms with E-state index >= 15 is 0 Å². The molecule has 0 spiro atoms. The van der Waals surface area contributed by atoms with Gasteiger partial charge in [0.25, 0.3) is 5.56 Å². The number of hydrogen-bond donors (Lipinski definition) is 1. The first-order valence-corrected chi connectivity index (χ1v) is 9.68. The third kappa shape index (κ3) is 2.86. The average Bonchev–Trinajstić information content (AvgIpc) is 3.15. The van der Waals surface area contributed by atoms with Crippen LogP contribution in [0.3, 0.4) is 0 Å². The molecule has 132 valence electrons. The fourth-order valence-corrected chi connectivity index (χ4v) is 4.66. The van der Waals surface area contributed by atoms with Crippen molar-refractivity contribution in [2.24, 2.45) is 5.92 Å². The molecule has 3 aromatic heterocycles. The van der Waals surface area contributed by atoms with E-state index in [1.165, 1.54) is 11.1 Å². The molecule has 4 rings (SSSR count). The molecule has 6 nitrogen and oxygen atoms in total. The molecule has 1 aliphatic carbocycles. The topological polar surface area (TPSA) is 68.4 Å². The first kappa shape index (κ1) is 16.3. The van der Waals surface area contributed by atoms with Gasteiger partial charge in [0.15, 0.2) is 0 Å². The zero-order chi connectivity index (χ0) is 17.6. The largest absolute Gasteiger partial charge is 0.351 e. The monoisotopic (exact) mass is 358 g/mol. The number of aromatic nitrogens is 3. The van der Waals surface area contributed by atoms with Crippen LogP contribution in [0.5, 0.6) is 0 Å². The van der Waals surface area contributed by atoms with Crippen molar-refractivity contribution in [3.8, 4) is 0 Å². The SMILES string of the molecule is Cc1nn(CC(=O)N[C@H]2CCCC[C@@H]2C)c(=O)c2cc3sccc3n12. The molecule has 3 aromatic rings. The summed E-state index contributed by atoms with van der Waals surface area (Å²) in [7, 11) is 0. The van der Waals surface area contributed by atoms with Gasteiger partial charge in [-0.2, -0.15) is 5.10 Å². The van der Waals surface area contributed by atoms with E-state index in [1.54, 1.807) is 11.3 Å². The molecular formula is C18H22N4O2S. The van der Waals surface area contributed by atoms with Gasteiger partial charge in [0.2, 0.25) is 5.91 Å². The van der Waals surface area contributed by atoms with Crippen LogP contribution in [0.25, 0.3) is 15.7 Å². The lowest BCUT2D eigenvalue weighted by Gasteiger charge is -2.29. The minimum atomic E-state index is -0.221. The number of rotatable bonds is 3. The number of amides is 1. The minimum absolute atomic E-state index is 0.0295. The second-order valence-electron chi connectivity index (χ2n) is 6.98. The molecule has 2 atom stereocenters. The van der Waals surface area contributed by atoms with Crippen molar-refractivity contribution in [2.45, 2.75) is 52.1 Å². The van der Waals surface area contributed by atoms with Gasteiger partial charge in [-0.3, -0.25) is 14.0 Å². The summed E-state index contributed by atoms with van der Waals surface area (Å²) in [6.45, 7) is 4.01. The fraction of sp³-hybridized carbons (Fsp3) is 0.500. The Morgan fingerprint density at radius 1 is 1.36 bits per heavy atom. The maximum Gasteiger partial charge on any atom is 0.291 e. The first-order chi connectivity index (χ1) is 12.0. The van der Waals surface area contributed by atoms with E-state index in [1.807, 2.05) is 28.8 Å². The number of nitrogens with one attached hydrogen (secondary N) is 1. The van der Waals surface area contributed by atoms with Crippen LogP contribution in [0, 0.1) is 12.8 Å². The van der Waals surface area contributed by atoms with Gasteiger partial charge in [-0.05, 0) is 43.2 Å². The third-order valence-electron chi connectivity index (χ3n) is 5.22. The normalized spacial score (nSPS) is 21.0. The van der Waals surface area contributed by atoms with Gasteiger partial charge in [0, 0.05) is 6.04 Å². The zero-order valence-electron chi connectivity index (χ0n) is 14.5. The standard InChI is InChI=1S/C18H22N4O2S/c1-11-5-3-4-6-13(11)19-17(23)10-21-18(24)15-9-16-14(7-8-25-16)22(15)12(2)20-21/h7-9,11,13H,3-6,10H2,1-2H3,(H,19,23)/t11-,13-/m0/s1. The van der Waals surface area contributed by atoms with Crippen molar-refractivity contribution in [3.05, 3.63) is 33.7 Å². The van der Waals surface area contributed by atoms with Gasteiger partial charge >= 0.3 is 0 Å². The number of aryl methyl sites for hydroxylation is 1. The lowest BCUT2D eigenvalue weighted by Crippen LogP contribution is -2.44. The van der Waals surface area contributed by atoms with Gasteiger partial charge in [-0.15, -0.1) is 11.3 Å². The summed E-state index contributed by atoms with van der Waals surface area (Å²) >= 11 is 1.60. The number of thiophene rings is 1. The lowest BCUT2D eigenvalue weighted by atomic mass is 9.86. The van der Waals surface area contributed by atoms with E-state index in [2.05, 4.69) is 17.3 Å². The Morgan fingerprint density at radius 2 is 2.16 bits per heavy atom. The highest BCUT2D eigenvalue weighted by Crippen LogP contribution is 2.25. The lowest BCUT2D eigenvalue weighted by molar-refractivity contribution is -0.123. The average molecular weight is 358 g/mol. The summed E-state index contributed by atoms with van der Waals surface area (Å²) in [6, 6.07) is 4.08. The molecule has 1 N–H and O–H groups in total. The second kappa shape index (κ2) is 6.29. The molecular weight excluding hydrogens is 336 g/mol. The molecule has 25 heavy (non-hydrogen) atoms. The van der Waals surface area contributed by atoms with Gasteiger partial charge in [-0.1, -0.05) is 19.8 Å². The second-order valence-corrected chi connectivity index (χ2v) is 7.93. The number of carbonyl (C=O) groups is 1. The number of nitrogens with zero attached hydrogens (tertiary/aromatic N) is 3. The number of fused-ring (bicyclic) bond motifs is 3. The molecule has 0 aliphatic heterocycles. The van der Waals surface area contributed by atoms with Gasteiger partial charge in [-0.25, -0.2) is 4.68 Å². The highest BCUT2D eigenvalue weighted by atomic mass is 32.1. The molecule has 1 aliphatic rings. The Kier molecular flexibility index (Phi) is 4.11. The van der Waals surface area contributed by atoms with Crippen molar-refractivity contribution in [3.63, 3.8) is 0 Å². The molecule has 0 saturated heterocycles. The molecule has 0 radical (unpaired) electrons. The van der Waals surface area contributed by atoms with Crippen LogP contribution in [-0.4, -0.2) is 26.1 Å². The molecule has 0 aromatic carbocycles. The quantitative estimate of drug-likeness (QED) is 0.783. The van der Waals surface area contributed by atoms with Crippen molar-refractivity contribution in [2.75, 3.05) is 0 Å². The highest BCUT2D eigenvalue weighted by Gasteiger charge is 2.23. The zero-order valence-corrected chi connectivity index (χ0v) is 15.3. The van der Waals surface area contributed by atoms with Gasteiger partial charge < -0.3 is 5.32 Å². The Balaban J connectivity index is 1.62. The van der Waals surface area contributed by atoms with Crippen LogP contribution in [0.2, 0.25) is 0 Å². The first-order valence-electron chi connectivity index (χ1n) is 8.80. The van der Waals surface area contributed by atoms with Gasteiger partial charge in [0.1, 0.15) is 17.9 Å². The summed E-state index contributed by atoms with van der Waals surface area (Å²) in [4.78, 5) is 25.2. The summed E-state index contributed by atoms with van der Waals surface area (Å²) in [5, 5.41) is 9.46. The van der Waals surface area contributed by atoms with Crippen LogP contribution in [0.1, 0.15) is 38.4 Å². The van der Waals surface area contributed by atoms with E-state index in [9.17, 15) is 9.59 Å². The molecule has 0 bridgehead atoms. The van der Waals surface area contributed by atoms with Crippen LogP contribution < -0.4 is 10.9 Å². The molecule has 1 fully saturated rings. The summed E-state index contributed by atoms with van der Waals surface area (Å²) in [6.07, 6.45) is 4.55. The van der Waals surface area contributed by atoms with E-state index in [0.29, 0.717) is 17.3 Å². The Morgan fingerprint density at radius 3 is 2.96 bits per heavy atom. The highest BCUT2D eigenvalue weighted by molar-refractivity contribution is 7.17. The van der Waals surface area contributed by atoms with Crippen molar-refractivity contribution in [1.82, 2.24) is 19.5 Å². The van der Waals surface area contributed by atoms with Crippen LogP contribution in [0.15, 0.2) is 22.3 Å². The number of carbonyl (C=O) groups excluding carboxylic acids is 1. The van der Waals surface area contributed by atoms with Gasteiger partial charge in [0.05, 0.1) is 10.2 Å². The van der Waals surface area contributed by atoms with E-state index in [0.717, 1.165) is 29.5 Å². The third-order valence-corrected chi connectivity index (χ3v) is 6.07. The van der Waals surface area contributed by atoms with E-state index in [4.69, 9.17) is 0 Å². The van der Waals surface area contributed by atoms with E-state index < -0.39 is 0 Å². The maximum atomic E-state index is 12.7. The Hall–Kier alpha value is -2.15. The van der Waals surface area contributed by atoms with Crippen molar-refractivity contribution < 1.29 is 4.79 Å². The summed E-state index contributed by atoms with van der Waals surface area (Å²) in [5.41, 5.74) is 1.35. The van der Waals surface area contributed by atoms with Crippen LogP contribution in [-0.2, 0) is 11.3 Å². The minimum Gasteiger partial charge on any atom is -0.351 e. The van der Waals surface area contributed by atoms with Crippen LogP contribution in [0.4, 0.5) is 0 Å². The maximum absolute atomic E-state index is 12.7. The predicted molar refractivity (Wildman–Crippen MR) is 99.1 cm³/mol. The summed E-state index contributed by atoms with van der Waals surface area (Å²) in [5.74, 6) is 1.07. The summed E-state index contributed by atoms with van der Waals surface area (Å²) < 4.78 is 4.21. The fourth-order valence-electron chi connectivity index (χ4n) is 3.85. The Labute approximate surface area is 149 Å². The number of hydrogen-bond acceptors (Lipinski definition) is 4. The molecule has 1 saturated carbocycles.